The van der Waals surface area contributed by atoms with E-state index in [1.54, 1.807) is 12.1 Å². The van der Waals surface area contributed by atoms with Crippen LogP contribution in [0.15, 0.2) is 51.5 Å². The van der Waals surface area contributed by atoms with Crippen molar-refractivity contribution in [1.29, 1.82) is 0 Å². The molecule has 3 aromatic rings. The molecule has 1 N–H and O–H groups in total. The molecule has 0 spiro atoms. The number of rotatable bonds is 4. The molecule has 0 saturated carbocycles. The lowest BCUT2D eigenvalue weighted by Gasteiger charge is -2.00. The van der Waals surface area contributed by atoms with E-state index < -0.39 is 0 Å². The van der Waals surface area contributed by atoms with E-state index in [-0.39, 0.29) is 30.1 Å². The third kappa shape index (κ3) is 3.14. The number of nitrogens with one attached hydrogen (secondary N) is 1. The summed E-state index contributed by atoms with van der Waals surface area (Å²) in [5.74, 6) is -0.0889. The van der Waals surface area contributed by atoms with Crippen molar-refractivity contribution in [2.75, 3.05) is 5.32 Å². The molecule has 1 aromatic carbocycles. The van der Waals surface area contributed by atoms with Gasteiger partial charge in [-0.05, 0) is 29.8 Å². The number of carbonyl (C=O) groups excluding carboxylic acids is 1. The van der Waals surface area contributed by atoms with E-state index in [1.165, 1.54) is 30.5 Å². The lowest BCUT2D eigenvalue weighted by atomic mass is 10.1. The van der Waals surface area contributed by atoms with Crippen LogP contribution >= 0.6 is 0 Å². The van der Waals surface area contributed by atoms with E-state index in [1.807, 2.05) is 0 Å². The second-order valence-corrected chi connectivity index (χ2v) is 4.24. The van der Waals surface area contributed by atoms with E-state index in [0.717, 1.165) is 0 Å². The summed E-state index contributed by atoms with van der Waals surface area (Å²) >= 11 is 0. The fraction of sp³-hybridized carbons (Fsp3) is 0.0714. The summed E-state index contributed by atoms with van der Waals surface area (Å²) < 4.78 is 23.1. The van der Waals surface area contributed by atoms with Crippen LogP contribution in [-0.2, 0) is 11.2 Å². The predicted octanol–water partition coefficient (Wildman–Crippen LogP) is 2.65. The number of benzene rings is 1. The number of aromatic nitrogens is 2. The molecule has 1 amide bonds. The van der Waals surface area contributed by atoms with Crippen LogP contribution in [0.25, 0.3) is 11.7 Å². The van der Waals surface area contributed by atoms with Crippen LogP contribution in [0.1, 0.15) is 5.56 Å². The summed E-state index contributed by atoms with van der Waals surface area (Å²) in [4.78, 5) is 11.8. The maximum absolute atomic E-state index is 12.8. The summed E-state index contributed by atoms with van der Waals surface area (Å²) in [7, 11) is 0. The molecule has 3 rings (SSSR count). The first-order chi connectivity index (χ1) is 10.2. The van der Waals surface area contributed by atoms with Crippen molar-refractivity contribution < 1.29 is 18.0 Å². The highest BCUT2D eigenvalue weighted by molar-refractivity contribution is 5.90. The van der Waals surface area contributed by atoms with Gasteiger partial charge in [0, 0.05) is 0 Å². The highest BCUT2D eigenvalue weighted by Gasteiger charge is 2.13. The molecule has 0 aliphatic heterocycles. The van der Waals surface area contributed by atoms with E-state index in [2.05, 4.69) is 15.5 Å². The van der Waals surface area contributed by atoms with Crippen LogP contribution < -0.4 is 5.32 Å². The maximum atomic E-state index is 12.8. The molecule has 0 bridgehead atoms. The van der Waals surface area contributed by atoms with Gasteiger partial charge in [-0.15, -0.1) is 5.10 Å². The second kappa shape index (κ2) is 5.58. The molecule has 6 nitrogen and oxygen atoms in total. The maximum Gasteiger partial charge on any atom is 0.322 e. The monoisotopic (exact) mass is 287 g/mol. The Balaban J connectivity index is 1.64. The molecule has 0 radical (unpaired) electrons. The quantitative estimate of drug-likeness (QED) is 0.797. The van der Waals surface area contributed by atoms with Crippen LogP contribution in [0.4, 0.5) is 10.4 Å². The molecule has 7 heteroatoms. The van der Waals surface area contributed by atoms with Crippen molar-refractivity contribution in [1.82, 2.24) is 10.2 Å². The van der Waals surface area contributed by atoms with Crippen molar-refractivity contribution in [2.24, 2.45) is 0 Å². The number of halogens is 1. The smallest absolute Gasteiger partial charge is 0.322 e. The number of amides is 1. The molecule has 0 atom stereocenters. The van der Waals surface area contributed by atoms with Crippen LogP contribution in [-0.4, -0.2) is 16.1 Å². The van der Waals surface area contributed by atoms with Crippen LogP contribution in [0.2, 0.25) is 0 Å². The first-order valence-electron chi connectivity index (χ1n) is 6.12. The van der Waals surface area contributed by atoms with Gasteiger partial charge in [0.05, 0.1) is 12.7 Å². The lowest BCUT2D eigenvalue weighted by molar-refractivity contribution is -0.115. The summed E-state index contributed by atoms with van der Waals surface area (Å²) in [6.07, 6.45) is 1.56. The zero-order valence-corrected chi connectivity index (χ0v) is 10.7. The Morgan fingerprint density at radius 2 is 2.00 bits per heavy atom. The first-order valence-corrected chi connectivity index (χ1v) is 6.12. The Hall–Kier alpha value is -2.96. The van der Waals surface area contributed by atoms with Crippen molar-refractivity contribution in [2.45, 2.75) is 6.42 Å². The van der Waals surface area contributed by atoms with E-state index >= 15 is 0 Å². The molecule has 0 aliphatic rings. The normalized spacial score (nSPS) is 10.5. The van der Waals surface area contributed by atoms with Gasteiger partial charge in [0.15, 0.2) is 5.76 Å². The topological polar surface area (TPSA) is 81.2 Å². The van der Waals surface area contributed by atoms with Crippen LogP contribution in [0, 0.1) is 5.82 Å². The Morgan fingerprint density at radius 1 is 1.19 bits per heavy atom. The zero-order valence-electron chi connectivity index (χ0n) is 10.7. The molecule has 2 aromatic heterocycles. The SMILES string of the molecule is O=C(Cc1ccc(F)cc1)Nc1nnc(-c2ccco2)o1. The molecule has 2 heterocycles. The Bertz CT molecular complexity index is 735. The standard InChI is InChI=1S/C14H10FN3O3/c15-10-5-3-9(4-6-10)8-12(19)16-14-18-17-13(21-14)11-2-1-7-20-11/h1-7H,8H2,(H,16,18,19). The zero-order chi connectivity index (χ0) is 14.7. The van der Waals surface area contributed by atoms with Gasteiger partial charge in [-0.2, -0.15) is 0 Å². The third-order valence-corrected chi connectivity index (χ3v) is 2.68. The molecule has 0 fully saturated rings. The van der Waals surface area contributed by atoms with Crippen molar-refractivity contribution in [3.8, 4) is 11.7 Å². The van der Waals surface area contributed by atoms with Gasteiger partial charge in [-0.3, -0.25) is 10.1 Å². The Morgan fingerprint density at radius 3 is 2.71 bits per heavy atom. The summed E-state index contributed by atoms with van der Waals surface area (Å²) in [5, 5.41) is 9.93. The van der Waals surface area contributed by atoms with E-state index in [4.69, 9.17) is 8.83 Å². The van der Waals surface area contributed by atoms with Gasteiger partial charge in [-0.25, -0.2) is 4.39 Å². The second-order valence-electron chi connectivity index (χ2n) is 4.24. The molecular formula is C14H10FN3O3. The molecule has 0 aliphatic carbocycles. The number of furan rings is 1. The molecule has 21 heavy (non-hydrogen) atoms. The van der Waals surface area contributed by atoms with Crippen molar-refractivity contribution in [3.63, 3.8) is 0 Å². The van der Waals surface area contributed by atoms with Crippen LogP contribution in [0.3, 0.4) is 0 Å². The number of hydrogen-bond acceptors (Lipinski definition) is 5. The number of anilines is 1. The summed E-state index contributed by atoms with van der Waals surface area (Å²) in [6, 6.07) is 9.00. The number of nitrogens with zero attached hydrogens (tertiary/aromatic N) is 2. The Kier molecular flexibility index (Phi) is 3.46. The van der Waals surface area contributed by atoms with Gasteiger partial charge < -0.3 is 8.83 Å². The van der Waals surface area contributed by atoms with E-state index in [0.29, 0.717) is 11.3 Å². The number of hydrogen-bond donors (Lipinski definition) is 1. The molecular weight excluding hydrogens is 277 g/mol. The fourth-order valence-electron chi connectivity index (χ4n) is 1.72. The minimum absolute atomic E-state index is 0.0199. The van der Waals surface area contributed by atoms with Gasteiger partial charge >= 0.3 is 6.01 Å². The highest BCUT2D eigenvalue weighted by Crippen LogP contribution is 2.19. The predicted molar refractivity (Wildman–Crippen MR) is 70.7 cm³/mol. The highest BCUT2D eigenvalue weighted by atomic mass is 19.1. The minimum atomic E-state index is -0.348. The van der Waals surface area contributed by atoms with Gasteiger partial charge in [0.25, 0.3) is 5.89 Å². The van der Waals surface area contributed by atoms with E-state index in [9.17, 15) is 9.18 Å². The summed E-state index contributed by atoms with van der Waals surface area (Å²) in [5.41, 5.74) is 0.680. The lowest BCUT2D eigenvalue weighted by Crippen LogP contribution is -2.14. The van der Waals surface area contributed by atoms with Gasteiger partial charge in [0.2, 0.25) is 5.91 Å². The summed E-state index contributed by atoms with van der Waals surface area (Å²) in [6.45, 7) is 0. The first kappa shape index (κ1) is 13.0. The average Bonchev–Trinajstić information content (AvgIpc) is 3.12. The molecule has 106 valence electrons. The molecule has 0 unspecified atom stereocenters. The van der Waals surface area contributed by atoms with Crippen molar-refractivity contribution in [3.05, 3.63) is 54.0 Å². The third-order valence-electron chi connectivity index (χ3n) is 2.68. The van der Waals surface area contributed by atoms with Gasteiger partial charge in [-0.1, -0.05) is 17.2 Å². The number of carbonyl (C=O) groups is 1. The van der Waals surface area contributed by atoms with Crippen molar-refractivity contribution >= 4 is 11.9 Å². The Labute approximate surface area is 118 Å². The fourth-order valence-corrected chi connectivity index (χ4v) is 1.72. The minimum Gasteiger partial charge on any atom is -0.459 e. The van der Waals surface area contributed by atoms with Crippen LogP contribution in [0.5, 0.6) is 0 Å². The largest absolute Gasteiger partial charge is 0.459 e. The molecule has 0 saturated heterocycles. The average molecular weight is 287 g/mol. The van der Waals surface area contributed by atoms with Gasteiger partial charge in [0.1, 0.15) is 5.82 Å².